The average Bonchev–Trinajstić information content (AvgIpc) is 2.44. The summed E-state index contributed by atoms with van der Waals surface area (Å²) in [5.74, 6) is 0.335. The predicted octanol–water partition coefficient (Wildman–Crippen LogP) is 6.43. The van der Waals surface area contributed by atoms with Gasteiger partial charge in [-0.2, -0.15) is 0 Å². The summed E-state index contributed by atoms with van der Waals surface area (Å²) in [5, 5.41) is 11.0. The van der Waals surface area contributed by atoms with Crippen LogP contribution >= 0.6 is 0 Å². The van der Waals surface area contributed by atoms with Crippen LogP contribution in [0.3, 0.4) is 0 Å². The molecule has 128 valence electrons. The molecule has 1 aliphatic rings. The Balaban J connectivity index is 2.35. The van der Waals surface area contributed by atoms with Crippen LogP contribution in [0.2, 0.25) is 0 Å². The largest absolute Gasteiger partial charge is 0.385 e. The minimum absolute atomic E-state index is 0.144. The first kappa shape index (κ1) is 19.5. The van der Waals surface area contributed by atoms with Crippen molar-refractivity contribution in [2.75, 3.05) is 0 Å². The van der Waals surface area contributed by atoms with Crippen LogP contribution in [0.5, 0.6) is 0 Å². The first-order valence-corrected chi connectivity index (χ1v) is 9.47. The lowest BCUT2D eigenvalue weighted by molar-refractivity contribution is -0.0272. The van der Waals surface area contributed by atoms with Gasteiger partial charge >= 0.3 is 0 Å². The molecule has 0 saturated heterocycles. The average molecular weight is 307 g/mol. The monoisotopic (exact) mass is 306 g/mol. The Labute approximate surface area is 138 Å². The molecule has 1 rings (SSSR count). The second kappa shape index (κ2) is 9.55. The third kappa shape index (κ3) is 6.69. The smallest absolute Gasteiger partial charge is 0.0898 e. The summed E-state index contributed by atoms with van der Waals surface area (Å²) in [4.78, 5) is 0. The van der Waals surface area contributed by atoms with E-state index in [2.05, 4.69) is 33.8 Å². The molecule has 2 atom stereocenters. The van der Waals surface area contributed by atoms with Gasteiger partial charge in [0.1, 0.15) is 0 Å². The van der Waals surface area contributed by atoms with E-state index in [0.29, 0.717) is 5.92 Å². The molecule has 0 aromatic carbocycles. The van der Waals surface area contributed by atoms with Gasteiger partial charge in [0.15, 0.2) is 0 Å². The minimum atomic E-state index is -0.645. The maximum Gasteiger partial charge on any atom is 0.0898 e. The van der Waals surface area contributed by atoms with E-state index in [1.807, 2.05) is 18.2 Å². The Kier molecular flexibility index (Phi) is 8.46. The fourth-order valence-corrected chi connectivity index (χ4v) is 3.80. The van der Waals surface area contributed by atoms with Gasteiger partial charge in [0.05, 0.1) is 5.60 Å². The van der Waals surface area contributed by atoms with E-state index in [-0.39, 0.29) is 5.41 Å². The standard InChI is InChI=1S/C21H38O/c1-5-6-7-8-9-10-11-13-16-19(20(2,3)4)21(22)17-14-12-15-18-21/h12,14-15,17,19,22H,5-11,13,16,18H2,1-4H3. The van der Waals surface area contributed by atoms with Crippen LogP contribution in [0.1, 0.15) is 91.9 Å². The molecular formula is C21H38O. The second-order valence-corrected chi connectivity index (χ2v) is 8.16. The molecule has 2 unspecified atom stereocenters. The van der Waals surface area contributed by atoms with Crippen LogP contribution in [0.4, 0.5) is 0 Å². The predicted molar refractivity (Wildman–Crippen MR) is 98.0 cm³/mol. The van der Waals surface area contributed by atoms with E-state index in [4.69, 9.17) is 0 Å². The summed E-state index contributed by atoms with van der Waals surface area (Å²) in [6.45, 7) is 9.08. The summed E-state index contributed by atoms with van der Waals surface area (Å²) in [6.07, 6.45) is 20.9. The summed E-state index contributed by atoms with van der Waals surface area (Å²) < 4.78 is 0. The van der Waals surface area contributed by atoms with Crippen molar-refractivity contribution >= 4 is 0 Å². The molecule has 0 fully saturated rings. The molecule has 0 radical (unpaired) electrons. The lowest BCUT2D eigenvalue weighted by atomic mass is 9.66. The first-order chi connectivity index (χ1) is 10.4. The molecule has 0 bridgehead atoms. The van der Waals surface area contributed by atoms with Gasteiger partial charge in [0.2, 0.25) is 0 Å². The highest BCUT2D eigenvalue weighted by Gasteiger charge is 2.40. The molecule has 1 nitrogen and oxygen atoms in total. The normalized spacial score (nSPS) is 23.0. The Morgan fingerprint density at radius 1 is 0.955 bits per heavy atom. The minimum Gasteiger partial charge on any atom is -0.385 e. The van der Waals surface area contributed by atoms with Gasteiger partial charge in [-0.25, -0.2) is 0 Å². The number of aliphatic hydroxyl groups is 1. The molecule has 1 heteroatoms. The number of allylic oxidation sites excluding steroid dienone is 2. The second-order valence-electron chi connectivity index (χ2n) is 8.16. The molecular weight excluding hydrogens is 268 g/mol. The molecule has 0 aromatic heterocycles. The zero-order chi connectivity index (χ0) is 16.5. The topological polar surface area (TPSA) is 20.2 Å². The Morgan fingerprint density at radius 2 is 1.55 bits per heavy atom. The quantitative estimate of drug-likeness (QED) is 0.461. The first-order valence-electron chi connectivity index (χ1n) is 9.47. The fraction of sp³-hybridized carbons (Fsp3) is 0.810. The molecule has 1 aliphatic carbocycles. The number of hydrogen-bond acceptors (Lipinski definition) is 1. The summed E-state index contributed by atoms with van der Waals surface area (Å²) in [5.41, 5.74) is -0.500. The van der Waals surface area contributed by atoms with Crippen molar-refractivity contribution in [3.63, 3.8) is 0 Å². The van der Waals surface area contributed by atoms with Crippen molar-refractivity contribution in [2.45, 2.75) is 97.5 Å². The summed E-state index contributed by atoms with van der Waals surface area (Å²) in [6, 6.07) is 0. The molecule has 0 amide bonds. The van der Waals surface area contributed by atoms with Gasteiger partial charge in [-0.05, 0) is 24.2 Å². The van der Waals surface area contributed by atoms with E-state index in [1.165, 1.54) is 51.4 Å². The maximum atomic E-state index is 11.0. The zero-order valence-electron chi connectivity index (χ0n) is 15.4. The number of unbranched alkanes of at least 4 members (excludes halogenated alkanes) is 7. The van der Waals surface area contributed by atoms with Crippen LogP contribution < -0.4 is 0 Å². The van der Waals surface area contributed by atoms with Crippen LogP contribution in [0, 0.1) is 11.3 Å². The van der Waals surface area contributed by atoms with Crippen molar-refractivity contribution < 1.29 is 5.11 Å². The molecule has 0 heterocycles. The highest BCUT2D eigenvalue weighted by atomic mass is 16.3. The third-order valence-corrected chi connectivity index (χ3v) is 5.07. The van der Waals surface area contributed by atoms with Crippen LogP contribution in [0.25, 0.3) is 0 Å². The van der Waals surface area contributed by atoms with Crippen molar-refractivity contribution in [3.05, 3.63) is 24.3 Å². The fourth-order valence-electron chi connectivity index (χ4n) is 3.80. The molecule has 0 saturated carbocycles. The van der Waals surface area contributed by atoms with Gasteiger partial charge in [-0.1, -0.05) is 103 Å². The Morgan fingerprint density at radius 3 is 2.05 bits per heavy atom. The molecule has 22 heavy (non-hydrogen) atoms. The van der Waals surface area contributed by atoms with E-state index in [9.17, 15) is 5.11 Å². The molecule has 0 aliphatic heterocycles. The number of rotatable bonds is 10. The molecule has 1 N–H and O–H groups in total. The Hall–Kier alpha value is -0.560. The summed E-state index contributed by atoms with van der Waals surface area (Å²) in [7, 11) is 0. The van der Waals surface area contributed by atoms with Gasteiger partial charge in [0.25, 0.3) is 0 Å². The lowest BCUT2D eigenvalue weighted by Gasteiger charge is -2.42. The van der Waals surface area contributed by atoms with Crippen molar-refractivity contribution in [2.24, 2.45) is 11.3 Å². The van der Waals surface area contributed by atoms with Gasteiger partial charge in [-0.3, -0.25) is 0 Å². The highest BCUT2D eigenvalue weighted by molar-refractivity contribution is 5.20. The van der Waals surface area contributed by atoms with Crippen LogP contribution in [-0.4, -0.2) is 10.7 Å². The van der Waals surface area contributed by atoms with E-state index in [1.54, 1.807) is 0 Å². The molecule has 0 spiro atoms. The van der Waals surface area contributed by atoms with Crippen LogP contribution in [0.15, 0.2) is 24.3 Å². The van der Waals surface area contributed by atoms with Crippen LogP contribution in [-0.2, 0) is 0 Å². The van der Waals surface area contributed by atoms with Crippen molar-refractivity contribution in [1.82, 2.24) is 0 Å². The number of hydrogen-bond donors (Lipinski definition) is 1. The van der Waals surface area contributed by atoms with E-state index < -0.39 is 5.60 Å². The van der Waals surface area contributed by atoms with Crippen molar-refractivity contribution in [3.8, 4) is 0 Å². The maximum absolute atomic E-state index is 11.0. The third-order valence-electron chi connectivity index (χ3n) is 5.07. The van der Waals surface area contributed by atoms with E-state index >= 15 is 0 Å². The molecule has 0 aromatic rings. The van der Waals surface area contributed by atoms with E-state index in [0.717, 1.165) is 12.8 Å². The highest BCUT2D eigenvalue weighted by Crippen LogP contribution is 2.42. The SMILES string of the molecule is CCCCCCCCCCC(C(C)(C)C)C1(O)C=CC=CC1. The van der Waals surface area contributed by atoms with Crippen molar-refractivity contribution in [1.29, 1.82) is 0 Å². The van der Waals surface area contributed by atoms with Gasteiger partial charge in [-0.15, -0.1) is 0 Å². The van der Waals surface area contributed by atoms with Gasteiger partial charge in [0, 0.05) is 0 Å². The summed E-state index contributed by atoms with van der Waals surface area (Å²) >= 11 is 0. The zero-order valence-corrected chi connectivity index (χ0v) is 15.4. The lowest BCUT2D eigenvalue weighted by Crippen LogP contribution is -2.43. The Bertz CT molecular complexity index is 347. The van der Waals surface area contributed by atoms with Gasteiger partial charge < -0.3 is 5.11 Å².